The summed E-state index contributed by atoms with van der Waals surface area (Å²) in [5, 5.41) is 9.76. The molecule has 39 heavy (non-hydrogen) atoms. The van der Waals surface area contributed by atoms with E-state index in [4.69, 9.17) is 4.74 Å². The van der Waals surface area contributed by atoms with Crippen LogP contribution in [-0.4, -0.2) is 11.4 Å². The first-order valence-corrected chi connectivity index (χ1v) is 13.8. The smallest absolute Gasteiger partial charge is 0.216 e. The highest BCUT2D eigenvalue weighted by Gasteiger charge is 2.15. The highest BCUT2D eigenvalue weighted by Crippen LogP contribution is 2.37. The number of aliphatic hydroxyl groups is 1. The zero-order valence-corrected chi connectivity index (χ0v) is 23.3. The molecule has 0 bridgehead atoms. The molecule has 4 aromatic rings. The zero-order chi connectivity index (χ0) is 27.6. The van der Waals surface area contributed by atoms with Gasteiger partial charge in [-0.2, -0.15) is 0 Å². The molecule has 1 N–H and O–H groups in total. The van der Waals surface area contributed by atoms with Crippen LogP contribution in [0.1, 0.15) is 49.8 Å². The third-order valence-corrected chi connectivity index (χ3v) is 7.00. The van der Waals surface area contributed by atoms with Gasteiger partial charge in [-0.3, -0.25) is 0 Å². The third-order valence-electron chi connectivity index (χ3n) is 7.00. The van der Waals surface area contributed by atoms with Crippen LogP contribution in [0, 0.1) is 12.8 Å². The van der Waals surface area contributed by atoms with Gasteiger partial charge < -0.3 is 14.7 Å². The van der Waals surface area contributed by atoms with Crippen molar-refractivity contribution in [3.63, 3.8) is 0 Å². The summed E-state index contributed by atoms with van der Waals surface area (Å²) in [4.78, 5) is 2.23. The Morgan fingerprint density at radius 3 is 1.92 bits per heavy atom. The number of hydrogen-bond acceptors (Lipinski definition) is 3. The molecule has 0 aliphatic heterocycles. The monoisotopic (exact) mass is 517 g/mol. The second-order valence-electron chi connectivity index (χ2n) is 9.86. The minimum atomic E-state index is -1.03. The summed E-state index contributed by atoms with van der Waals surface area (Å²) in [6.45, 7) is 10.2. The van der Waals surface area contributed by atoms with Gasteiger partial charge in [-0.1, -0.05) is 93.1 Å². The van der Waals surface area contributed by atoms with Crippen LogP contribution >= 0.6 is 0 Å². The van der Waals surface area contributed by atoms with E-state index in [2.05, 4.69) is 117 Å². The highest BCUT2D eigenvalue weighted by molar-refractivity contribution is 5.84. The molecule has 3 heteroatoms. The lowest BCUT2D eigenvalue weighted by atomic mass is 9.86. The van der Waals surface area contributed by atoms with Crippen molar-refractivity contribution >= 4 is 28.7 Å². The third kappa shape index (κ3) is 7.28. The van der Waals surface area contributed by atoms with Gasteiger partial charge >= 0.3 is 0 Å². The summed E-state index contributed by atoms with van der Waals surface area (Å²) in [5.41, 5.74) is 8.25. The summed E-state index contributed by atoms with van der Waals surface area (Å²) >= 11 is 0. The second-order valence-corrected chi connectivity index (χ2v) is 9.86. The molecule has 3 nitrogen and oxygen atoms in total. The molecule has 0 saturated heterocycles. The first-order valence-electron chi connectivity index (χ1n) is 13.8. The largest absolute Gasteiger partial charge is 0.461 e. The molecule has 0 spiro atoms. The van der Waals surface area contributed by atoms with E-state index in [1.807, 2.05) is 24.3 Å². The van der Waals surface area contributed by atoms with Crippen LogP contribution in [-0.2, 0) is 0 Å². The van der Waals surface area contributed by atoms with E-state index >= 15 is 0 Å². The van der Waals surface area contributed by atoms with Gasteiger partial charge in [0.15, 0.2) is 0 Å². The van der Waals surface area contributed by atoms with Crippen LogP contribution in [0.2, 0.25) is 0 Å². The van der Waals surface area contributed by atoms with Crippen LogP contribution in [0.25, 0.3) is 11.6 Å². The maximum Gasteiger partial charge on any atom is 0.216 e. The first-order chi connectivity index (χ1) is 19.0. The van der Waals surface area contributed by atoms with Gasteiger partial charge in [-0.05, 0) is 97.0 Å². The van der Waals surface area contributed by atoms with Gasteiger partial charge in [0, 0.05) is 17.1 Å². The predicted molar refractivity (Wildman–Crippen MR) is 166 cm³/mol. The SMILES string of the molecule is C=CC(O)Oc1ccc(N(c2ccc(C)cc2)c2ccc(/C=C(\c3ccccc3)C(CC)CCC)cc2)cc1. The number of hydrogen-bond donors (Lipinski definition) is 1. The van der Waals surface area contributed by atoms with Gasteiger partial charge in [0.1, 0.15) is 5.75 Å². The Hall–Kier alpha value is -4.08. The van der Waals surface area contributed by atoms with Crippen molar-refractivity contribution in [3.8, 4) is 5.75 Å². The lowest BCUT2D eigenvalue weighted by Crippen LogP contribution is -2.12. The Bertz CT molecular complexity index is 1340. The van der Waals surface area contributed by atoms with E-state index in [0.717, 1.165) is 23.5 Å². The van der Waals surface area contributed by atoms with E-state index < -0.39 is 6.29 Å². The van der Waals surface area contributed by atoms with Gasteiger partial charge in [-0.15, -0.1) is 0 Å². The van der Waals surface area contributed by atoms with Gasteiger partial charge in [0.05, 0.1) is 0 Å². The maximum atomic E-state index is 9.76. The molecule has 4 aromatic carbocycles. The van der Waals surface area contributed by atoms with Crippen LogP contribution in [0.4, 0.5) is 17.1 Å². The number of anilines is 3. The quantitative estimate of drug-likeness (QED) is 0.115. The number of aliphatic hydroxyl groups excluding tert-OH is 1. The number of rotatable bonds is 12. The van der Waals surface area contributed by atoms with Crippen molar-refractivity contribution in [1.29, 1.82) is 0 Å². The fourth-order valence-corrected chi connectivity index (χ4v) is 4.90. The molecule has 2 unspecified atom stereocenters. The molecule has 0 heterocycles. The first kappa shape index (κ1) is 27.9. The molecule has 2 atom stereocenters. The average Bonchev–Trinajstić information content (AvgIpc) is 2.98. The molecule has 0 aliphatic carbocycles. The molecule has 0 aliphatic rings. The minimum Gasteiger partial charge on any atom is -0.461 e. The van der Waals surface area contributed by atoms with Crippen LogP contribution in [0.5, 0.6) is 5.75 Å². The molecular formula is C36H39NO2. The summed E-state index contributed by atoms with van der Waals surface area (Å²) in [6, 6.07) is 35.8. The number of ether oxygens (including phenoxy) is 1. The Morgan fingerprint density at radius 1 is 0.821 bits per heavy atom. The maximum absolute atomic E-state index is 9.76. The number of benzene rings is 4. The number of aryl methyl sites for hydroxylation is 1. The summed E-state index contributed by atoms with van der Waals surface area (Å²) in [7, 11) is 0. The van der Waals surface area contributed by atoms with Crippen LogP contribution < -0.4 is 9.64 Å². The topological polar surface area (TPSA) is 32.7 Å². The van der Waals surface area contributed by atoms with Crippen molar-refractivity contribution < 1.29 is 9.84 Å². The van der Waals surface area contributed by atoms with Crippen molar-refractivity contribution in [2.24, 2.45) is 5.92 Å². The number of allylic oxidation sites excluding steroid dienone is 1. The summed E-state index contributed by atoms with van der Waals surface area (Å²) in [5.74, 6) is 1.11. The van der Waals surface area contributed by atoms with Gasteiger partial charge in [-0.25, -0.2) is 0 Å². The fraction of sp³-hybridized carbons (Fsp3) is 0.222. The molecule has 0 radical (unpaired) electrons. The van der Waals surface area contributed by atoms with E-state index in [1.54, 1.807) is 0 Å². The standard InChI is InChI=1S/C36H39NO2/c1-5-11-29(6-2)35(30-12-9-8-10-13-30)26-28-16-20-32(21-17-28)37(31-18-14-27(4)15-19-31)33-22-24-34(25-23-33)39-36(38)7-3/h7-10,12-26,29,36,38H,3,5-6,11H2,1-2,4H3/b35-26-. The average molecular weight is 518 g/mol. The van der Waals surface area contributed by atoms with Gasteiger partial charge in [0.2, 0.25) is 6.29 Å². The molecule has 0 amide bonds. The van der Waals surface area contributed by atoms with Crippen molar-refractivity contribution in [2.75, 3.05) is 4.90 Å². The van der Waals surface area contributed by atoms with Crippen molar-refractivity contribution in [1.82, 2.24) is 0 Å². The Kier molecular flexibility index (Phi) is 9.77. The lowest BCUT2D eigenvalue weighted by Gasteiger charge is -2.26. The lowest BCUT2D eigenvalue weighted by molar-refractivity contribution is 0.0251. The van der Waals surface area contributed by atoms with Crippen LogP contribution in [0.15, 0.2) is 116 Å². The highest BCUT2D eigenvalue weighted by atomic mass is 16.6. The normalized spacial score (nSPS) is 13.0. The minimum absolute atomic E-state index is 0.529. The van der Waals surface area contributed by atoms with E-state index in [9.17, 15) is 5.11 Å². The van der Waals surface area contributed by atoms with E-state index in [1.165, 1.54) is 41.2 Å². The summed E-state index contributed by atoms with van der Waals surface area (Å²) in [6.07, 6.45) is 6.16. The fourth-order valence-electron chi connectivity index (χ4n) is 4.90. The predicted octanol–water partition coefficient (Wildman–Crippen LogP) is 9.71. The molecule has 4 rings (SSSR count). The Balaban J connectivity index is 1.70. The van der Waals surface area contributed by atoms with E-state index in [0.29, 0.717) is 11.7 Å². The zero-order valence-electron chi connectivity index (χ0n) is 23.3. The molecule has 0 saturated carbocycles. The number of nitrogens with zero attached hydrogens (tertiary/aromatic N) is 1. The van der Waals surface area contributed by atoms with Crippen LogP contribution in [0.3, 0.4) is 0 Å². The second kappa shape index (κ2) is 13.6. The van der Waals surface area contributed by atoms with Crippen molar-refractivity contribution in [2.45, 2.75) is 46.3 Å². The molecule has 200 valence electrons. The summed E-state index contributed by atoms with van der Waals surface area (Å²) < 4.78 is 5.47. The van der Waals surface area contributed by atoms with Gasteiger partial charge in [0.25, 0.3) is 0 Å². The molecule has 0 fully saturated rings. The Labute approximate surface area is 233 Å². The Morgan fingerprint density at radius 2 is 1.38 bits per heavy atom. The molecule has 0 aromatic heterocycles. The van der Waals surface area contributed by atoms with E-state index in [-0.39, 0.29) is 0 Å². The molecular weight excluding hydrogens is 478 g/mol. The van der Waals surface area contributed by atoms with Crippen molar-refractivity contribution in [3.05, 3.63) is 132 Å².